The summed E-state index contributed by atoms with van der Waals surface area (Å²) in [7, 11) is 0. The molecule has 195 valence electrons. The molecule has 1 N–H and O–H groups in total. The van der Waals surface area contributed by atoms with Crippen LogP contribution in [0.4, 0.5) is 5.82 Å². The molecule has 0 amide bonds. The van der Waals surface area contributed by atoms with Crippen molar-refractivity contribution in [3.63, 3.8) is 0 Å². The summed E-state index contributed by atoms with van der Waals surface area (Å²) in [6, 6.07) is 32.0. The van der Waals surface area contributed by atoms with Crippen LogP contribution in [0.3, 0.4) is 0 Å². The van der Waals surface area contributed by atoms with Crippen LogP contribution in [0.25, 0.3) is 10.8 Å². The Morgan fingerprint density at radius 2 is 1.21 bits per heavy atom. The molecule has 0 spiro atoms. The Hall–Kier alpha value is -4.94. The van der Waals surface area contributed by atoms with E-state index in [1.54, 1.807) is 0 Å². The molecular formula is C32H17AlClN8. The van der Waals surface area contributed by atoms with E-state index >= 15 is 0 Å². The minimum absolute atomic E-state index is 0.208. The smallest absolute Gasteiger partial charge is 0.395 e. The van der Waals surface area contributed by atoms with Gasteiger partial charge in [-0.15, -0.1) is 0 Å². The van der Waals surface area contributed by atoms with Crippen molar-refractivity contribution in [3.05, 3.63) is 136 Å². The zero-order valence-electron chi connectivity index (χ0n) is 21.8. The maximum Gasteiger partial charge on any atom is 0.568 e. The summed E-state index contributed by atoms with van der Waals surface area (Å²) in [5, 5.41) is 10.9. The highest BCUT2D eigenvalue weighted by Crippen LogP contribution is 2.38. The first-order valence-electron chi connectivity index (χ1n) is 13.4. The van der Waals surface area contributed by atoms with Crippen LogP contribution >= 0.6 is 11.6 Å². The molecule has 4 aliphatic heterocycles. The van der Waals surface area contributed by atoms with E-state index in [1.807, 2.05) is 84.9 Å². The Kier molecular flexibility index (Phi) is 4.96. The minimum atomic E-state index is -0.748. The number of benzene rings is 4. The van der Waals surface area contributed by atoms with E-state index in [-0.39, 0.29) is 5.84 Å². The van der Waals surface area contributed by atoms with Crippen LogP contribution in [0, 0.1) is 5.41 Å². The van der Waals surface area contributed by atoms with Gasteiger partial charge in [0.2, 0.25) is 0 Å². The first-order valence-corrected chi connectivity index (χ1v) is 14.8. The van der Waals surface area contributed by atoms with Gasteiger partial charge < -0.3 is 7.43 Å². The number of aliphatic imine (C=N–C) groups is 5. The summed E-state index contributed by atoms with van der Waals surface area (Å²) in [5.74, 6) is 4.15. The third-order valence-electron chi connectivity index (χ3n) is 7.82. The zero-order chi connectivity index (χ0) is 27.9. The van der Waals surface area contributed by atoms with Crippen molar-refractivity contribution in [2.75, 3.05) is 0 Å². The average molecular weight is 576 g/mol. The second-order valence-electron chi connectivity index (χ2n) is 10.2. The molecule has 0 unspecified atom stereocenters. The number of nitrogens with one attached hydrogen (secondary N) is 1. The summed E-state index contributed by atoms with van der Waals surface area (Å²) in [6.45, 7) is 0. The maximum atomic E-state index is 8.45. The molecule has 1 aromatic heterocycles. The van der Waals surface area contributed by atoms with Gasteiger partial charge in [0, 0.05) is 44.2 Å². The van der Waals surface area contributed by atoms with Gasteiger partial charge in [-0.3, -0.25) is 5.41 Å². The van der Waals surface area contributed by atoms with Crippen LogP contribution in [-0.4, -0.2) is 58.1 Å². The highest BCUT2D eigenvalue weighted by molar-refractivity contribution is 6.53. The SMILES string of the molecule is N=C1N=C(N=C2c3ccccc3C3=NC4=N/C(=N\c5c6ccccc6c(Cl)[n]5[Al][N]23)c2ccccc24)c2ccccc21. The fourth-order valence-corrected chi connectivity index (χ4v) is 7.64. The van der Waals surface area contributed by atoms with E-state index in [1.165, 1.54) is 0 Å². The fraction of sp³-hybridized carbons (Fsp3) is 0. The molecule has 9 rings (SSSR count). The number of aromatic nitrogens is 1. The average Bonchev–Trinajstić information content (AvgIpc) is 3.71. The zero-order valence-corrected chi connectivity index (χ0v) is 23.7. The molecule has 10 heteroatoms. The van der Waals surface area contributed by atoms with E-state index in [0.717, 1.165) is 55.8 Å². The number of hydrogen-bond acceptors (Lipinski definition) is 5. The van der Waals surface area contributed by atoms with E-state index in [0.29, 0.717) is 28.5 Å². The topological polar surface area (TPSA) is 93.8 Å². The van der Waals surface area contributed by atoms with Crippen molar-refractivity contribution >= 4 is 78.9 Å². The molecule has 1 radical (unpaired) electrons. The molecule has 5 heterocycles. The third kappa shape index (κ3) is 3.30. The largest absolute Gasteiger partial charge is 0.568 e. The monoisotopic (exact) mass is 575 g/mol. The van der Waals surface area contributed by atoms with Gasteiger partial charge in [0.15, 0.2) is 23.3 Å². The Morgan fingerprint density at radius 3 is 1.98 bits per heavy atom. The lowest BCUT2D eigenvalue weighted by atomic mass is 10.1. The highest BCUT2D eigenvalue weighted by atomic mass is 35.5. The molecule has 0 fully saturated rings. The molecule has 42 heavy (non-hydrogen) atoms. The van der Waals surface area contributed by atoms with Gasteiger partial charge in [-0.05, 0) is 0 Å². The first-order chi connectivity index (χ1) is 20.7. The molecule has 0 saturated carbocycles. The van der Waals surface area contributed by atoms with Crippen LogP contribution in [0.2, 0.25) is 5.15 Å². The number of rotatable bonds is 0. The van der Waals surface area contributed by atoms with Crippen LogP contribution in [0.1, 0.15) is 33.4 Å². The third-order valence-corrected chi connectivity index (χ3v) is 9.83. The number of halogens is 1. The van der Waals surface area contributed by atoms with Crippen LogP contribution in [0.15, 0.2) is 122 Å². The first kappa shape index (κ1) is 23.7. The predicted octanol–water partition coefficient (Wildman–Crippen LogP) is 5.82. The number of nitrogens with zero attached hydrogens (tertiary/aromatic N) is 7. The molecule has 2 bridgehead atoms. The Labute approximate surface area is 251 Å². The van der Waals surface area contributed by atoms with E-state index in [9.17, 15) is 0 Å². The molecule has 0 atom stereocenters. The van der Waals surface area contributed by atoms with Gasteiger partial charge >= 0.3 is 15.7 Å². The molecular weight excluding hydrogens is 559 g/mol. The second-order valence-corrected chi connectivity index (χ2v) is 11.8. The number of hydrogen-bond donors (Lipinski definition) is 1. The minimum Gasteiger partial charge on any atom is -0.395 e. The summed E-state index contributed by atoms with van der Waals surface area (Å²) in [5.41, 5.74) is 5.35. The van der Waals surface area contributed by atoms with Gasteiger partial charge in [-0.1, -0.05) is 109 Å². The Morgan fingerprint density at radius 1 is 0.619 bits per heavy atom. The van der Waals surface area contributed by atoms with E-state index in [2.05, 4.69) is 24.6 Å². The summed E-state index contributed by atoms with van der Waals surface area (Å²) < 4.78 is 4.21. The van der Waals surface area contributed by atoms with Crippen LogP contribution in [-0.2, 0) is 0 Å². The van der Waals surface area contributed by atoms with Gasteiger partial charge in [0.25, 0.3) is 0 Å². The van der Waals surface area contributed by atoms with Crippen LogP contribution in [0.5, 0.6) is 0 Å². The van der Waals surface area contributed by atoms with Crippen molar-refractivity contribution < 1.29 is 0 Å². The summed E-state index contributed by atoms with van der Waals surface area (Å²) >= 11 is 6.37. The normalized spacial score (nSPS) is 18.3. The molecule has 8 nitrogen and oxygen atoms in total. The van der Waals surface area contributed by atoms with Crippen molar-refractivity contribution in [1.82, 2.24) is 7.43 Å². The molecule has 5 aromatic rings. The van der Waals surface area contributed by atoms with Crippen molar-refractivity contribution in [2.45, 2.75) is 0 Å². The quantitative estimate of drug-likeness (QED) is 0.231. The van der Waals surface area contributed by atoms with E-state index in [4.69, 9.17) is 37.0 Å². The lowest BCUT2D eigenvalue weighted by Crippen LogP contribution is -2.39. The molecule has 4 aromatic carbocycles. The fourth-order valence-electron chi connectivity index (χ4n) is 5.88. The maximum absolute atomic E-state index is 8.45. The van der Waals surface area contributed by atoms with Gasteiger partial charge in [0.05, 0.1) is 5.15 Å². The van der Waals surface area contributed by atoms with E-state index < -0.39 is 15.7 Å². The molecule has 4 aliphatic rings. The lowest BCUT2D eigenvalue weighted by Gasteiger charge is -2.22. The van der Waals surface area contributed by atoms with Gasteiger partial charge in [0.1, 0.15) is 17.5 Å². The predicted molar refractivity (Wildman–Crippen MR) is 168 cm³/mol. The number of fused-ring (bicyclic) bond motifs is 11. The summed E-state index contributed by atoms with van der Waals surface area (Å²) in [6.07, 6.45) is 0. The second kappa shape index (κ2) is 8.78. The molecule has 0 aliphatic carbocycles. The Balaban J connectivity index is 1.34. The van der Waals surface area contributed by atoms with Crippen LogP contribution < -0.4 is 0 Å². The van der Waals surface area contributed by atoms with Gasteiger partial charge in [-0.2, -0.15) is 0 Å². The van der Waals surface area contributed by atoms with Crippen molar-refractivity contribution in [2.24, 2.45) is 25.0 Å². The number of amidine groups is 6. The lowest BCUT2D eigenvalue weighted by molar-refractivity contribution is 0.937. The molecule has 0 saturated heterocycles. The van der Waals surface area contributed by atoms with Crippen molar-refractivity contribution in [1.29, 1.82) is 5.41 Å². The standard InChI is InChI=1S/C32H17ClN8.Al/c33-25-17-9-1-3-11-19(17)27(35-25)37-29-21-13-5-7-15-23(21)31(39-29)41-32-24-16-8-6-14-22(24)30(40-32)38-28-20-12-4-2-10-18(20)26(34)36-28;/h1-16H,(H-,34,36,37,38,39,40,41);/q-2;+2. The Bertz CT molecular complexity index is 2210. The van der Waals surface area contributed by atoms with Crippen molar-refractivity contribution in [3.8, 4) is 0 Å². The summed E-state index contributed by atoms with van der Waals surface area (Å²) in [4.78, 5) is 25.0. The highest BCUT2D eigenvalue weighted by Gasteiger charge is 2.37. The van der Waals surface area contributed by atoms with Gasteiger partial charge in [-0.25, -0.2) is 25.0 Å².